The number of carbonyl (C=O) groups is 1. The van der Waals surface area contributed by atoms with E-state index in [1.807, 2.05) is 18.4 Å². The van der Waals surface area contributed by atoms with Crippen LogP contribution in [0.3, 0.4) is 0 Å². The molecule has 0 radical (unpaired) electrons. The Labute approximate surface area is 214 Å². The van der Waals surface area contributed by atoms with Gasteiger partial charge < -0.3 is 20.4 Å². The molecule has 1 saturated carbocycles. The van der Waals surface area contributed by atoms with Gasteiger partial charge in [-0.25, -0.2) is 0 Å². The number of thiophene rings is 1. The fraction of sp³-hybridized carbons (Fsp3) is 0.739. The molecule has 3 heterocycles. The number of nitrogens with one attached hydrogen (secondary N) is 2. The van der Waals surface area contributed by atoms with Crippen LogP contribution in [0.25, 0.3) is 0 Å². The molecule has 1 aliphatic carbocycles. The van der Waals surface area contributed by atoms with E-state index >= 15 is 0 Å². The number of rotatable bonds is 6. The van der Waals surface area contributed by atoms with Crippen LogP contribution in [0.2, 0.25) is 0 Å². The van der Waals surface area contributed by atoms with Crippen molar-refractivity contribution in [2.75, 3.05) is 64.3 Å². The molecule has 180 valence electrons. The lowest BCUT2D eigenvalue weighted by Gasteiger charge is -2.36. The number of guanidine groups is 1. The van der Waals surface area contributed by atoms with E-state index in [0.717, 1.165) is 84.0 Å². The number of nitrogens with zero attached hydrogens (tertiary/aromatic N) is 4. The van der Waals surface area contributed by atoms with E-state index in [2.05, 4.69) is 47.8 Å². The monoisotopic (exact) mass is 574 g/mol. The van der Waals surface area contributed by atoms with Gasteiger partial charge in [0.05, 0.1) is 5.00 Å². The Kier molecular flexibility index (Phi) is 10.4. The second kappa shape index (κ2) is 13.0. The molecule has 1 amide bonds. The Morgan fingerprint density at radius 1 is 1.09 bits per heavy atom. The molecule has 2 saturated heterocycles. The van der Waals surface area contributed by atoms with Gasteiger partial charge in [-0.2, -0.15) is 0 Å². The summed E-state index contributed by atoms with van der Waals surface area (Å²) in [4.78, 5) is 24.1. The molecular formula is C23H39IN6OS. The summed E-state index contributed by atoms with van der Waals surface area (Å²) in [5.41, 5.74) is 0. The highest BCUT2D eigenvalue weighted by Gasteiger charge is 2.29. The van der Waals surface area contributed by atoms with Crippen LogP contribution in [0.1, 0.15) is 38.5 Å². The van der Waals surface area contributed by atoms with Crippen LogP contribution in [-0.4, -0.2) is 87.1 Å². The zero-order chi connectivity index (χ0) is 21.5. The van der Waals surface area contributed by atoms with Crippen molar-refractivity contribution in [2.24, 2.45) is 10.9 Å². The molecule has 1 aromatic heterocycles. The third-order valence-corrected chi connectivity index (χ3v) is 7.92. The van der Waals surface area contributed by atoms with Crippen LogP contribution >= 0.6 is 35.3 Å². The van der Waals surface area contributed by atoms with E-state index in [9.17, 15) is 4.79 Å². The molecule has 32 heavy (non-hydrogen) atoms. The van der Waals surface area contributed by atoms with E-state index in [1.165, 1.54) is 17.8 Å². The fourth-order valence-electron chi connectivity index (χ4n) is 5.04. The normalized spacial score (nSPS) is 21.5. The minimum Gasteiger partial charge on any atom is -0.363 e. The van der Waals surface area contributed by atoms with Crippen LogP contribution in [0.4, 0.5) is 5.00 Å². The second-order valence-corrected chi connectivity index (χ2v) is 9.93. The molecule has 2 aliphatic heterocycles. The maximum atomic E-state index is 12.6. The Morgan fingerprint density at radius 3 is 2.44 bits per heavy atom. The zero-order valence-corrected chi connectivity index (χ0v) is 22.4. The lowest BCUT2D eigenvalue weighted by atomic mass is 10.1. The summed E-state index contributed by atoms with van der Waals surface area (Å²) in [7, 11) is 1.85. The van der Waals surface area contributed by atoms with Gasteiger partial charge >= 0.3 is 0 Å². The van der Waals surface area contributed by atoms with Gasteiger partial charge in [0.15, 0.2) is 5.96 Å². The summed E-state index contributed by atoms with van der Waals surface area (Å²) in [6.45, 7) is 7.78. The minimum absolute atomic E-state index is 0. The van der Waals surface area contributed by atoms with Gasteiger partial charge in [0.2, 0.25) is 5.91 Å². The predicted molar refractivity (Wildman–Crippen MR) is 144 cm³/mol. The Balaban J connectivity index is 0.00000289. The molecule has 0 aromatic carbocycles. The number of carbonyl (C=O) groups excluding carboxylic acids is 1. The smallest absolute Gasteiger partial charge is 0.225 e. The zero-order valence-electron chi connectivity index (χ0n) is 19.3. The van der Waals surface area contributed by atoms with Gasteiger partial charge in [-0.1, -0.05) is 12.8 Å². The number of piperazine rings is 1. The molecule has 2 N–H and O–H groups in total. The summed E-state index contributed by atoms with van der Waals surface area (Å²) in [6, 6.07) is 4.82. The van der Waals surface area contributed by atoms with Crippen molar-refractivity contribution in [2.45, 2.75) is 44.6 Å². The van der Waals surface area contributed by atoms with Crippen LogP contribution < -0.4 is 15.5 Å². The predicted octanol–water partition coefficient (Wildman–Crippen LogP) is 2.83. The van der Waals surface area contributed by atoms with E-state index in [0.29, 0.717) is 17.9 Å². The lowest BCUT2D eigenvalue weighted by Crippen LogP contribution is -2.53. The van der Waals surface area contributed by atoms with Crippen molar-refractivity contribution in [1.82, 2.24) is 20.4 Å². The summed E-state index contributed by atoms with van der Waals surface area (Å²) in [6.07, 6.45) is 6.92. The standard InChI is InChI=1S/C23H38N6OS.HI/c1-24-23(26-20-8-11-28(12-9-20)21-7-4-18-31-21)25-10-13-27-14-16-29(17-15-27)22(30)19-5-2-3-6-19;/h4,7,18-20H,2-3,5-6,8-17H2,1H3,(H2,24,25,26);1H. The average molecular weight is 575 g/mol. The average Bonchev–Trinajstić information content (AvgIpc) is 3.53. The maximum absolute atomic E-state index is 12.6. The Bertz CT molecular complexity index is 708. The number of hydrogen-bond donors (Lipinski definition) is 2. The topological polar surface area (TPSA) is 63.2 Å². The van der Waals surface area contributed by atoms with E-state index < -0.39 is 0 Å². The Hall–Kier alpha value is -1.07. The van der Waals surface area contributed by atoms with Crippen molar-refractivity contribution in [1.29, 1.82) is 0 Å². The first-order valence-corrected chi connectivity index (χ1v) is 12.9. The van der Waals surface area contributed by atoms with Gasteiger partial charge in [-0.3, -0.25) is 14.7 Å². The molecule has 3 aliphatic rings. The van der Waals surface area contributed by atoms with Crippen molar-refractivity contribution < 1.29 is 4.79 Å². The van der Waals surface area contributed by atoms with Crippen molar-refractivity contribution in [3.8, 4) is 0 Å². The summed E-state index contributed by atoms with van der Waals surface area (Å²) in [5, 5.41) is 10.6. The second-order valence-electron chi connectivity index (χ2n) is 9.00. The lowest BCUT2D eigenvalue weighted by molar-refractivity contribution is -0.137. The Morgan fingerprint density at radius 2 is 1.81 bits per heavy atom. The molecule has 0 bridgehead atoms. The molecule has 7 nitrogen and oxygen atoms in total. The number of halogens is 1. The molecule has 9 heteroatoms. The van der Waals surface area contributed by atoms with Crippen molar-refractivity contribution >= 4 is 52.2 Å². The SMILES string of the molecule is CN=C(NCCN1CCN(C(=O)C2CCCC2)CC1)NC1CCN(c2cccs2)CC1.I. The highest BCUT2D eigenvalue weighted by molar-refractivity contribution is 14.0. The largest absolute Gasteiger partial charge is 0.363 e. The molecule has 0 spiro atoms. The number of piperidine rings is 1. The molecule has 4 rings (SSSR count). The van der Waals surface area contributed by atoms with E-state index in [1.54, 1.807) is 0 Å². The number of aliphatic imine (C=N–C) groups is 1. The third-order valence-electron chi connectivity index (χ3n) is 6.99. The number of amides is 1. The van der Waals surface area contributed by atoms with E-state index in [-0.39, 0.29) is 24.0 Å². The van der Waals surface area contributed by atoms with E-state index in [4.69, 9.17) is 0 Å². The highest BCUT2D eigenvalue weighted by atomic mass is 127. The summed E-state index contributed by atoms with van der Waals surface area (Å²) >= 11 is 1.82. The maximum Gasteiger partial charge on any atom is 0.225 e. The van der Waals surface area contributed by atoms with Gasteiger partial charge in [-0.15, -0.1) is 35.3 Å². The first-order chi connectivity index (χ1) is 15.2. The van der Waals surface area contributed by atoms with Gasteiger partial charge in [0.25, 0.3) is 0 Å². The first kappa shape index (κ1) is 25.6. The highest BCUT2D eigenvalue weighted by Crippen LogP contribution is 2.27. The fourth-order valence-corrected chi connectivity index (χ4v) is 5.82. The number of hydrogen-bond acceptors (Lipinski definition) is 5. The van der Waals surface area contributed by atoms with Crippen LogP contribution in [0.5, 0.6) is 0 Å². The molecule has 0 unspecified atom stereocenters. The molecule has 3 fully saturated rings. The first-order valence-electron chi connectivity index (χ1n) is 12.0. The molecule has 0 atom stereocenters. The van der Waals surface area contributed by atoms with Gasteiger partial charge in [0, 0.05) is 71.4 Å². The van der Waals surface area contributed by atoms with Crippen LogP contribution in [0.15, 0.2) is 22.5 Å². The van der Waals surface area contributed by atoms with Crippen LogP contribution in [-0.2, 0) is 4.79 Å². The third kappa shape index (κ3) is 6.96. The molecule has 1 aromatic rings. The van der Waals surface area contributed by atoms with Crippen LogP contribution in [0, 0.1) is 5.92 Å². The number of anilines is 1. The summed E-state index contributed by atoms with van der Waals surface area (Å²) < 4.78 is 0. The van der Waals surface area contributed by atoms with Gasteiger partial charge in [-0.05, 0) is 43.2 Å². The van der Waals surface area contributed by atoms with Crippen molar-refractivity contribution in [3.05, 3.63) is 17.5 Å². The van der Waals surface area contributed by atoms with Gasteiger partial charge in [0.1, 0.15) is 0 Å². The van der Waals surface area contributed by atoms with Crippen molar-refractivity contribution in [3.63, 3.8) is 0 Å². The molecular weight excluding hydrogens is 535 g/mol. The minimum atomic E-state index is 0. The summed E-state index contributed by atoms with van der Waals surface area (Å²) in [5.74, 6) is 1.62. The quantitative estimate of drug-likeness (QED) is 0.311.